The van der Waals surface area contributed by atoms with Gasteiger partial charge in [-0.2, -0.15) is 0 Å². The molecule has 0 unspecified atom stereocenters. The molecule has 0 bridgehead atoms. The molecule has 2 aromatic carbocycles. The van der Waals surface area contributed by atoms with E-state index < -0.39 is 29.0 Å². The van der Waals surface area contributed by atoms with Crippen LogP contribution in [0.5, 0.6) is 11.5 Å². The summed E-state index contributed by atoms with van der Waals surface area (Å²) in [6.07, 6.45) is 0.309. The third-order valence-corrected chi connectivity index (χ3v) is 5.19. The van der Waals surface area contributed by atoms with E-state index in [1.165, 1.54) is 44.4 Å². The number of thioether (sulfide) groups is 1. The van der Waals surface area contributed by atoms with Gasteiger partial charge in [-0.05, 0) is 48.5 Å². The third-order valence-electron chi connectivity index (χ3n) is 4.29. The number of nitrogens with zero attached hydrogens (tertiary/aromatic N) is 1. The van der Waals surface area contributed by atoms with Gasteiger partial charge < -0.3 is 14.6 Å². The molecule has 0 radical (unpaired) electrons. The van der Waals surface area contributed by atoms with Crippen molar-refractivity contribution in [2.24, 2.45) is 0 Å². The summed E-state index contributed by atoms with van der Waals surface area (Å²) >= 11 is 0.758. The molecule has 1 N–H and O–H groups in total. The number of imide groups is 1. The first-order chi connectivity index (χ1) is 14.3. The average molecular weight is 431 g/mol. The quantitative estimate of drug-likeness (QED) is 0.664. The van der Waals surface area contributed by atoms with Gasteiger partial charge in [-0.1, -0.05) is 24.3 Å². The highest BCUT2D eigenvalue weighted by atomic mass is 32.2. The summed E-state index contributed by atoms with van der Waals surface area (Å²) in [6, 6.07) is 10.4. The molecule has 2 amide bonds. The van der Waals surface area contributed by atoms with Crippen molar-refractivity contribution in [2.75, 3.05) is 7.11 Å². The molecule has 7 nitrogen and oxygen atoms in total. The van der Waals surface area contributed by atoms with Gasteiger partial charge in [0.15, 0.2) is 17.6 Å². The molecule has 3 rings (SSSR count). The smallest absolute Gasteiger partial charge is 0.344 e. The number of carboxylic acid groups (broad SMARTS) is 1. The molecule has 0 aliphatic carbocycles. The molecular formula is C21H18FNO6S. The number of carbonyl (C=O) groups excluding carboxylic acids is 2. The van der Waals surface area contributed by atoms with Gasteiger partial charge in [0.2, 0.25) is 0 Å². The van der Waals surface area contributed by atoms with Crippen LogP contribution in [0.2, 0.25) is 0 Å². The lowest BCUT2D eigenvalue weighted by molar-refractivity contribution is -0.144. The van der Waals surface area contributed by atoms with Gasteiger partial charge >= 0.3 is 5.97 Å². The van der Waals surface area contributed by atoms with E-state index in [1.807, 2.05) is 0 Å². The summed E-state index contributed by atoms with van der Waals surface area (Å²) in [4.78, 5) is 37.5. The Balaban J connectivity index is 1.89. The van der Waals surface area contributed by atoms with Crippen LogP contribution in [0.15, 0.2) is 47.4 Å². The topological polar surface area (TPSA) is 93.1 Å². The minimum Gasteiger partial charge on any atom is -0.493 e. The number of carbonyl (C=O) groups is 3. The highest BCUT2D eigenvalue weighted by molar-refractivity contribution is 8.18. The maximum absolute atomic E-state index is 13.1. The second-order valence-electron chi connectivity index (χ2n) is 6.37. The Morgan fingerprint density at radius 3 is 2.57 bits per heavy atom. The molecule has 1 aliphatic heterocycles. The minimum absolute atomic E-state index is 0.0137. The minimum atomic E-state index is -1.16. The van der Waals surface area contributed by atoms with E-state index >= 15 is 0 Å². The Bertz CT molecular complexity index is 1020. The summed E-state index contributed by atoms with van der Waals surface area (Å²) in [5.74, 6) is -1.63. The number of ether oxygens (including phenoxy) is 2. The highest BCUT2D eigenvalue weighted by Crippen LogP contribution is 2.38. The summed E-state index contributed by atoms with van der Waals surface area (Å²) in [5.41, 5.74) is 1.01. The molecule has 1 heterocycles. The predicted octanol–water partition coefficient (Wildman–Crippen LogP) is 3.92. The van der Waals surface area contributed by atoms with E-state index in [1.54, 1.807) is 18.2 Å². The van der Waals surface area contributed by atoms with Crippen LogP contribution in [-0.4, -0.2) is 40.3 Å². The first-order valence-electron chi connectivity index (χ1n) is 8.86. The zero-order chi connectivity index (χ0) is 21.8. The van der Waals surface area contributed by atoms with Crippen molar-refractivity contribution in [3.63, 3.8) is 0 Å². The Hall–Kier alpha value is -3.33. The van der Waals surface area contributed by atoms with Crippen molar-refractivity contribution in [2.45, 2.75) is 19.6 Å². The Morgan fingerprint density at radius 1 is 1.23 bits per heavy atom. The van der Waals surface area contributed by atoms with Gasteiger partial charge in [-0.15, -0.1) is 0 Å². The number of methoxy groups -OCH3 is 1. The summed E-state index contributed by atoms with van der Waals surface area (Å²) in [6.45, 7) is 1.38. The SMILES string of the molecule is COc1cccc(/C=C2\SC(=O)N(Cc3ccc(F)cc3)C2=O)c1O[C@@H](C)C(=O)O. The van der Waals surface area contributed by atoms with Gasteiger partial charge in [0.25, 0.3) is 11.1 Å². The number of hydrogen-bond donors (Lipinski definition) is 1. The number of carboxylic acids is 1. The second kappa shape index (κ2) is 9.00. The first-order valence-corrected chi connectivity index (χ1v) is 9.68. The van der Waals surface area contributed by atoms with E-state index in [0.717, 1.165) is 16.7 Å². The van der Waals surface area contributed by atoms with E-state index in [-0.39, 0.29) is 17.2 Å². The summed E-state index contributed by atoms with van der Waals surface area (Å²) < 4.78 is 23.8. The highest BCUT2D eigenvalue weighted by Gasteiger charge is 2.35. The second-order valence-corrected chi connectivity index (χ2v) is 7.36. The summed E-state index contributed by atoms with van der Waals surface area (Å²) in [7, 11) is 1.41. The monoisotopic (exact) mass is 431 g/mol. The normalized spacial score (nSPS) is 16.1. The lowest BCUT2D eigenvalue weighted by Gasteiger charge is -2.16. The van der Waals surface area contributed by atoms with Gasteiger partial charge in [0.05, 0.1) is 18.6 Å². The van der Waals surface area contributed by atoms with Crippen molar-refractivity contribution < 1.29 is 33.4 Å². The number of aliphatic carboxylic acids is 1. The molecule has 0 saturated carbocycles. The standard InChI is InChI=1S/C21H18FNO6S/c1-12(20(25)26)29-18-14(4-3-5-16(18)28-2)10-17-19(24)23(21(27)30-17)11-13-6-8-15(22)9-7-13/h3-10,12H,11H2,1-2H3,(H,25,26)/b17-10-/t12-/m0/s1. The zero-order valence-electron chi connectivity index (χ0n) is 16.1. The first kappa shape index (κ1) is 21.4. The van der Waals surface area contributed by atoms with E-state index in [0.29, 0.717) is 16.9 Å². The Morgan fingerprint density at radius 2 is 1.93 bits per heavy atom. The predicted molar refractivity (Wildman–Crippen MR) is 109 cm³/mol. The Kier molecular flexibility index (Phi) is 6.41. The van der Waals surface area contributed by atoms with Crippen LogP contribution in [-0.2, 0) is 16.1 Å². The van der Waals surface area contributed by atoms with Crippen LogP contribution in [0.3, 0.4) is 0 Å². The molecular weight excluding hydrogens is 413 g/mol. The molecule has 1 aliphatic rings. The van der Waals surface area contributed by atoms with E-state index in [9.17, 15) is 18.8 Å². The maximum atomic E-state index is 13.1. The van der Waals surface area contributed by atoms with Crippen molar-refractivity contribution in [3.8, 4) is 11.5 Å². The number of amides is 2. The van der Waals surface area contributed by atoms with Gasteiger partial charge in [-0.25, -0.2) is 9.18 Å². The number of para-hydroxylation sites is 1. The van der Waals surface area contributed by atoms with Crippen LogP contribution in [0.1, 0.15) is 18.1 Å². The van der Waals surface area contributed by atoms with Crippen molar-refractivity contribution in [1.82, 2.24) is 4.90 Å². The van der Waals surface area contributed by atoms with Gasteiger partial charge in [0, 0.05) is 5.56 Å². The third kappa shape index (κ3) is 4.62. The van der Waals surface area contributed by atoms with Crippen LogP contribution < -0.4 is 9.47 Å². The fourth-order valence-corrected chi connectivity index (χ4v) is 3.54. The zero-order valence-corrected chi connectivity index (χ0v) is 16.9. The molecule has 1 fully saturated rings. The van der Waals surface area contributed by atoms with E-state index in [2.05, 4.69) is 0 Å². The van der Waals surface area contributed by atoms with Crippen LogP contribution in [0.4, 0.5) is 9.18 Å². The lowest BCUT2D eigenvalue weighted by atomic mass is 10.1. The number of rotatable bonds is 7. The molecule has 1 atom stereocenters. The molecule has 2 aromatic rings. The Labute approximate surface area is 176 Å². The van der Waals surface area contributed by atoms with Crippen molar-refractivity contribution in [1.29, 1.82) is 0 Å². The van der Waals surface area contributed by atoms with E-state index in [4.69, 9.17) is 14.6 Å². The molecule has 0 aromatic heterocycles. The van der Waals surface area contributed by atoms with Crippen LogP contribution in [0.25, 0.3) is 6.08 Å². The van der Waals surface area contributed by atoms with Gasteiger partial charge in [0.1, 0.15) is 5.82 Å². The maximum Gasteiger partial charge on any atom is 0.344 e. The van der Waals surface area contributed by atoms with Crippen LogP contribution in [0, 0.1) is 5.82 Å². The number of benzene rings is 2. The molecule has 9 heteroatoms. The average Bonchev–Trinajstić information content (AvgIpc) is 2.98. The fourth-order valence-electron chi connectivity index (χ4n) is 2.71. The van der Waals surface area contributed by atoms with Crippen molar-refractivity contribution in [3.05, 3.63) is 64.3 Å². The van der Waals surface area contributed by atoms with Crippen LogP contribution >= 0.6 is 11.8 Å². The lowest BCUT2D eigenvalue weighted by Crippen LogP contribution is -2.27. The number of hydrogen-bond acceptors (Lipinski definition) is 6. The summed E-state index contributed by atoms with van der Waals surface area (Å²) in [5, 5.41) is 8.68. The van der Waals surface area contributed by atoms with Gasteiger partial charge in [-0.3, -0.25) is 14.5 Å². The number of halogens is 1. The largest absolute Gasteiger partial charge is 0.493 e. The van der Waals surface area contributed by atoms with Crippen molar-refractivity contribution >= 4 is 35.0 Å². The molecule has 0 spiro atoms. The molecule has 30 heavy (non-hydrogen) atoms. The fraction of sp³-hybridized carbons (Fsp3) is 0.190. The molecule has 1 saturated heterocycles. The molecule has 156 valence electrons.